The lowest BCUT2D eigenvalue weighted by molar-refractivity contribution is 0.174. The van der Waals surface area contributed by atoms with Crippen molar-refractivity contribution < 1.29 is 14.2 Å². The van der Waals surface area contributed by atoms with E-state index in [1.165, 1.54) is 0 Å². The minimum absolute atomic E-state index is 0.267. The summed E-state index contributed by atoms with van der Waals surface area (Å²) < 4.78 is 18.7. The molecule has 3 aromatic rings. The van der Waals surface area contributed by atoms with Gasteiger partial charge in [-0.1, -0.05) is 6.07 Å². The number of benzene rings is 2. The fourth-order valence-corrected chi connectivity index (χ4v) is 4.10. The molecule has 0 spiro atoms. The van der Waals surface area contributed by atoms with E-state index < -0.39 is 0 Å². The van der Waals surface area contributed by atoms with Gasteiger partial charge in [0, 0.05) is 17.5 Å². The summed E-state index contributed by atoms with van der Waals surface area (Å²) >= 11 is 1.60. The summed E-state index contributed by atoms with van der Waals surface area (Å²) in [6, 6.07) is 12.0. The molecule has 2 heterocycles. The Labute approximate surface area is 167 Å². The normalized spacial score (nSPS) is 13.2. The smallest absolute Gasteiger partial charge is 0.231 e. The second kappa shape index (κ2) is 8.08. The minimum atomic E-state index is 0.267. The van der Waals surface area contributed by atoms with E-state index in [-0.39, 0.29) is 6.79 Å². The minimum Gasteiger partial charge on any atom is -0.494 e. The van der Waals surface area contributed by atoms with E-state index in [1.54, 1.807) is 18.4 Å². The summed E-state index contributed by atoms with van der Waals surface area (Å²) in [4.78, 5) is 5.79. The third kappa shape index (κ3) is 3.63. The van der Waals surface area contributed by atoms with Crippen molar-refractivity contribution in [3.8, 4) is 28.5 Å². The molecule has 6 nitrogen and oxygen atoms in total. The zero-order valence-electron chi connectivity index (χ0n) is 16.0. The third-order valence-corrected chi connectivity index (χ3v) is 5.47. The van der Waals surface area contributed by atoms with Gasteiger partial charge in [0.2, 0.25) is 6.79 Å². The highest BCUT2D eigenvalue weighted by atomic mass is 32.1. The van der Waals surface area contributed by atoms with Gasteiger partial charge in [-0.05, 0) is 55.8 Å². The maximum absolute atomic E-state index is 5.78. The highest BCUT2D eigenvalue weighted by Gasteiger charge is 2.16. The van der Waals surface area contributed by atoms with E-state index in [1.807, 2.05) is 43.3 Å². The first kappa shape index (κ1) is 18.6. The summed E-state index contributed by atoms with van der Waals surface area (Å²) in [5, 5.41) is 2.12. The Bertz CT molecular complexity index is 1060. The highest BCUT2D eigenvalue weighted by molar-refractivity contribution is 7.07. The molecule has 146 valence electrons. The van der Waals surface area contributed by atoms with Crippen LogP contribution in [0.3, 0.4) is 0 Å². The Morgan fingerprint density at radius 1 is 1.18 bits per heavy atom. The van der Waals surface area contributed by atoms with Crippen LogP contribution in [0.2, 0.25) is 0 Å². The molecule has 7 heteroatoms. The molecule has 0 aliphatic carbocycles. The van der Waals surface area contributed by atoms with Crippen LogP contribution in [0.1, 0.15) is 12.0 Å². The zero-order chi connectivity index (χ0) is 19.5. The summed E-state index contributed by atoms with van der Waals surface area (Å²) in [6.07, 6.45) is 0.868. The van der Waals surface area contributed by atoms with Crippen LogP contribution in [-0.2, 0) is 6.54 Å². The number of aryl methyl sites for hydroxylation is 1. The van der Waals surface area contributed by atoms with Gasteiger partial charge in [0.05, 0.1) is 12.8 Å². The van der Waals surface area contributed by atoms with Gasteiger partial charge in [0.1, 0.15) is 11.4 Å². The van der Waals surface area contributed by atoms with Crippen molar-refractivity contribution >= 4 is 17.0 Å². The zero-order valence-corrected chi connectivity index (χ0v) is 16.8. The van der Waals surface area contributed by atoms with Gasteiger partial charge < -0.3 is 24.5 Å². The lowest BCUT2D eigenvalue weighted by atomic mass is 10.1. The molecule has 2 aromatic carbocycles. The number of nitrogens with zero attached hydrogens (tertiary/aromatic N) is 2. The number of aromatic nitrogens is 1. The number of methoxy groups -OCH3 is 1. The van der Waals surface area contributed by atoms with Crippen LogP contribution in [-0.4, -0.2) is 25.0 Å². The Hall–Kier alpha value is -2.77. The number of thiazole rings is 1. The topological polar surface area (TPSA) is 71.0 Å². The molecular weight excluding hydrogens is 374 g/mol. The predicted molar refractivity (Wildman–Crippen MR) is 110 cm³/mol. The maximum atomic E-state index is 5.78. The van der Waals surface area contributed by atoms with Gasteiger partial charge in [-0.3, -0.25) is 0 Å². The number of ether oxygens (including phenoxy) is 3. The maximum Gasteiger partial charge on any atom is 0.231 e. The van der Waals surface area contributed by atoms with Gasteiger partial charge in [-0.15, -0.1) is 11.3 Å². The van der Waals surface area contributed by atoms with Crippen LogP contribution >= 0.6 is 11.3 Å². The molecule has 2 N–H and O–H groups in total. The third-order valence-electron chi connectivity index (χ3n) is 4.60. The Morgan fingerprint density at radius 3 is 2.86 bits per heavy atom. The van der Waals surface area contributed by atoms with Gasteiger partial charge in [-0.25, -0.2) is 4.99 Å². The Kier molecular flexibility index (Phi) is 5.36. The first-order valence-electron chi connectivity index (χ1n) is 9.17. The highest BCUT2D eigenvalue weighted by Crippen LogP contribution is 2.36. The first-order valence-corrected chi connectivity index (χ1v) is 10.1. The molecule has 0 bridgehead atoms. The molecule has 1 aromatic heterocycles. The van der Waals surface area contributed by atoms with Crippen molar-refractivity contribution in [2.45, 2.75) is 19.9 Å². The van der Waals surface area contributed by atoms with Crippen LogP contribution in [0.5, 0.6) is 17.2 Å². The largest absolute Gasteiger partial charge is 0.494 e. The molecule has 0 amide bonds. The van der Waals surface area contributed by atoms with Crippen LogP contribution < -0.4 is 24.7 Å². The van der Waals surface area contributed by atoms with Crippen LogP contribution in [0.15, 0.2) is 46.8 Å². The van der Waals surface area contributed by atoms with Gasteiger partial charge >= 0.3 is 0 Å². The van der Waals surface area contributed by atoms with Crippen LogP contribution in [0.25, 0.3) is 11.3 Å². The van der Waals surface area contributed by atoms with Crippen molar-refractivity contribution in [2.24, 2.45) is 10.7 Å². The standard InChI is InChI=1S/C21H23N3O3S/c1-14-4-6-16(19(10-14)25-2)23-21-24(9-3-8-22)17(12-28-21)15-5-7-18-20(11-15)27-13-26-18/h4-7,10-12H,3,8-9,13,22H2,1-2H3. The lowest BCUT2D eigenvalue weighted by Crippen LogP contribution is -2.18. The average Bonchev–Trinajstić information content (AvgIpc) is 3.33. The average molecular weight is 398 g/mol. The molecule has 4 rings (SSSR count). The van der Waals surface area contributed by atoms with E-state index in [9.17, 15) is 0 Å². The predicted octanol–water partition coefficient (Wildman–Crippen LogP) is 3.84. The molecule has 0 saturated heterocycles. The first-order chi connectivity index (χ1) is 13.7. The molecule has 0 fully saturated rings. The van der Waals surface area contributed by atoms with Gasteiger partial charge in [0.15, 0.2) is 16.3 Å². The molecule has 1 aliphatic rings. The van der Waals surface area contributed by atoms with E-state index >= 15 is 0 Å². The molecular formula is C21H23N3O3S. The van der Waals surface area contributed by atoms with E-state index in [2.05, 4.69) is 9.95 Å². The molecule has 0 atom stereocenters. The molecule has 0 saturated carbocycles. The summed E-state index contributed by atoms with van der Waals surface area (Å²) in [6.45, 7) is 3.72. The molecule has 0 unspecified atom stereocenters. The van der Waals surface area contributed by atoms with E-state index in [0.29, 0.717) is 6.54 Å². The number of hydrogen-bond donors (Lipinski definition) is 1. The number of hydrogen-bond acceptors (Lipinski definition) is 6. The second-order valence-corrected chi connectivity index (χ2v) is 7.39. The summed E-state index contributed by atoms with van der Waals surface area (Å²) in [7, 11) is 1.67. The Morgan fingerprint density at radius 2 is 2.04 bits per heavy atom. The lowest BCUT2D eigenvalue weighted by Gasteiger charge is -2.10. The molecule has 1 aliphatic heterocycles. The quantitative estimate of drug-likeness (QED) is 0.686. The van der Waals surface area contributed by atoms with E-state index in [0.717, 1.165) is 57.5 Å². The fourth-order valence-electron chi connectivity index (χ4n) is 3.15. The van der Waals surface area contributed by atoms with E-state index in [4.69, 9.17) is 24.9 Å². The van der Waals surface area contributed by atoms with Crippen LogP contribution in [0, 0.1) is 6.92 Å². The van der Waals surface area contributed by atoms with Crippen molar-refractivity contribution in [1.82, 2.24) is 4.57 Å². The van der Waals surface area contributed by atoms with Crippen molar-refractivity contribution in [3.63, 3.8) is 0 Å². The fraction of sp³-hybridized carbons (Fsp3) is 0.286. The number of rotatable bonds is 6. The van der Waals surface area contributed by atoms with Crippen molar-refractivity contribution in [2.75, 3.05) is 20.4 Å². The van der Waals surface area contributed by atoms with Gasteiger partial charge in [0.25, 0.3) is 0 Å². The van der Waals surface area contributed by atoms with Gasteiger partial charge in [-0.2, -0.15) is 0 Å². The Balaban J connectivity index is 1.81. The second-order valence-electron chi connectivity index (χ2n) is 6.55. The molecule has 0 radical (unpaired) electrons. The summed E-state index contributed by atoms with van der Waals surface area (Å²) in [5.41, 5.74) is 9.88. The number of nitrogens with two attached hydrogens (primary N) is 1. The van der Waals surface area contributed by atoms with Crippen molar-refractivity contribution in [3.05, 3.63) is 52.1 Å². The monoisotopic (exact) mass is 397 g/mol. The number of fused-ring (bicyclic) bond motifs is 1. The molecule has 28 heavy (non-hydrogen) atoms. The van der Waals surface area contributed by atoms with Crippen molar-refractivity contribution in [1.29, 1.82) is 0 Å². The van der Waals surface area contributed by atoms with Crippen LogP contribution in [0.4, 0.5) is 5.69 Å². The summed E-state index contributed by atoms with van der Waals surface area (Å²) in [5.74, 6) is 2.32. The SMILES string of the molecule is COc1cc(C)ccc1N=c1scc(-c2ccc3c(c2)OCO3)n1CCCN.